The summed E-state index contributed by atoms with van der Waals surface area (Å²) in [6.45, 7) is 4.51. The van der Waals surface area contributed by atoms with Gasteiger partial charge in [-0.3, -0.25) is 9.59 Å². The molecule has 0 spiro atoms. The molecule has 0 aromatic rings. The second kappa shape index (κ2) is 5.17. The first-order valence-corrected chi connectivity index (χ1v) is 9.36. The number of carbonyl (C=O) groups excluding carboxylic acids is 2. The summed E-state index contributed by atoms with van der Waals surface area (Å²) in [4.78, 5) is 26.9. The summed E-state index contributed by atoms with van der Waals surface area (Å²) in [5.74, 6) is 2.02. The maximum Gasteiger partial charge on any atom is 0.246 e. The molecule has 4 nitrogen and oxygen atoms in total. The van der Waals surface area contributed by atoms with Gasteiger partial charge in [0.1, 0.15) is 6.10 Å². The predicted octanol–water partition coefficient (Wildman–Crippen LogP) is 2.82. The number of methoxy groups -OCH3 is 1. The number of rotatable bonds is 1. The van der Waals surface area contributed by atoms with E-state index in [-0.39, 0.29) is 22.8 Å². The molecule has 132 valence electrons. The van der Waals surface area contributed by atoms with Crippen molar-refractivity contribution in [2.75, 3.05) is 14.2 Å². The molecule has 0 radical (unpaired) electrons. The van der Waals surface area contributed by atoms with E-state index >= 15 is 0 Å². The Kier molecular flexibility index (Phi) is 3.51. The van der Waals surface area contributed by atoms with E-state index in [4.69, 9.17) is 4.74 Å². The Hall–Kier alpha value is -1.16. The summed E-state index contributed by atoms with van der Waals surface area (Å²) in [6.07, 6.45) is 8.84. The molecule has 4 aliphatic rings. The molecule has 0 N–H and O–H groups in total. The van der Waals surface area contributed by atoms with E-state index in [1.165, 1.54) is 0 Å². The first-order valence-electron chi connectivity index (χ1n) is 9.36. The first-order chi connectivity index (χ1) is 11.3. The monoisotopic (exact) mass is 331 g/mol. The SMILES string of the molecule is COC1C[C@H]2[C@@H]3CCC4N(C)C(=O)C=C[C@]4(C)[C@@H]3CC[C@]2(C)C1=O. The number of Topliss-reactive ketones (excluding diaryl/α,β-unsaturated/α-hetero) is 1. The number of hydrogen-bond donors (Lipinski definition) is 0. The van der Waals surface area contributed by atoms with Crippen molar-refractivity contribution in [1.82, 2.24) is 4.90 Å². The number of likely N-dealkylation sites (N-methyl/N-ethyl adjacent to an activating group) is 1. The van der Waals surface area contributed by atoms with E-state index in [9.17, 15) is 9.59 Å². The first kappa shape index (κ1) is 16.3. The average molecular weight is 331 g/mol. The third-order valence-corrected chi connectivity index (χ3v) is 8.13. The number of ether oxygens (including phenoxy) is 1. The number of amides is 1. The fourth-order valence-electron chi connectivity index (χ4n) is 6.71. The molecule has 1 amide bonds. The molecule has 3 saturated carbocycles. The van der Waals surface area contributed by atoms with Gasteiger partial charge in [-0.1, -0.05) is 19.9 Å². The van der Waals surface area contributed by atoms with Crippen LogP contribution in [0.1, 0.15) is 46.0 Å². The van der Waals surface area contributed by atoms with Crippen LogP contribution < -0.4 is 0 Å². The Morgan fingerprint density at radius 3 is 2.62 bits per heavy atom. The number of nitrogens with zero attached hydrogens (tertiary/aromatic N) is 1. The van der Waals surface area contributed by atoms with E-state index in [1.807, 2.05) is 11.9 Å². The third-order valence-electron chi connectivity index (χ3n) is 8.13. The smallest absolute Gasteiger partial charge is 0.246 e. The van der Waals surface area contributed by atoms with Crippen LogP contribution in [0, 0.1) is 28.6 Å². The van der Waals surface area contributed by atoms with Crippen LogP contribution in [0.3, 0.4) is 0 Å². The fraction of sp³-hybridized carbons (Fsp3) is 0.800. The number of ketones is 1. The normalized spacial score (nSPS) is 50.5. The Balaban J connectivity index is 1.69. The fourth-order valence-corrected chi connectivity index (χ4v) is 6.71. The maximum absolute atomic E-state index is 12.8. The minimum absolute atomic E-state index is 0.0428. The summed E-state index contributed by atoms with van der Waals surface area (Å²) in [5.41, 5.74) is -0.160. The zero-order chi connectivity index (χ0) is 17.3. The van der Waals surface area contributed by atoms with Gasteiger partial charge in [-0.05, 0) is 55.9 Å². The van der Waals surface area contributed by atoms with Crippen LogP contribution in [-0.2, 0) is 14.3 Å². The van der Waals surface area contributed by atoms with Crippen molar-refractivity contribution in [2.24, 2.45) is 28.6 Å². The topological polar surface area (TPSA) is 46.6 Å². The van der Waals surface area contributed by atoms with Crippen molar-refractivity contribution >= 4 is 11.7 Å². The molecule has 3 aliphatic carbocycles. The maximum atomic E-state index is 12.8. The molecular weight excluding hydrogens is 302 g/mol. The van der Waals surface area contributed by atoms with Crippen molar-refractivity contribution in [3.8, 4) is 0 Å². The van der Waals surface area contributed by atoms with Gasteiger partial charge in [-0.2, -0.15) is 0 Å². The van der Waals surface area contributed by atoms with Crippen LogP contribution in [0.25, 0.3) is 0 Å². The van der Waals surface area contributed by atoms with E-state index in [2.05, 4.69) is 19.9 Å². The molecule has 0 saturated heterocycles. The highest BCUT2D eigenvalue weighted by atomic mass is 16.5. The summed E-state index contributed by atoms with van der Waals surface area (Å²) >= 11 is 0. The minimum atomic E-state index is -0.213. The molecule has 24 heavy (non-hydrogen) atoms. The van der Waals surface area contributed by atoms with Gasteiger partial charge in [0, 0.05) is 31.0 Å². The number of hydrogen-bond acceptors (Lipinski definition) is 3. The van der Waals surface area contributed by atoms with Gasteiger partial charge in [0.05, 0.1) is 0 Å². The Bertz CT molecular complexity index is 614. The van der Waals surface area contributed by atoms with Gasteiger partial charge in [0.2, 0.25) is 5.91 Å². The van der Waals surface area contributed by atoms with Crippen molar-refractivity contribution < 1.29 is 14.3 Å². The molecule has 1 aliphatic heterocycles. The Morgan fingerprint density at radius 2 is 1.92 bits per heavy atom. The molecule has 1 heterocycles. The van der Waals surface area contributed by atoms with E-state index in [0.29, 0.717) is 29.6 Å². The third kappa shape index (κ3) is 1.89. The van der Waals surface area contributed by atoms with Crippen LogP contribution in [0.15, 0.2) is 12.2 Å². The Labute approximate surface area is 144 Å². The lowest BCUT2D eigenvalue weighted by molar-refractivity contribution is -0.143. The van der Waals surface area contributed by atoms with Crippen LogP contribution >= 0.6 is 0 Å². The molecule has 2 unspecified atom stereocenters. The number of carbonyl (C=O) groups is 2. The lowest BCUT2D eigenvalue weighted by Gasteiger charge is -2.59. The highest BCUT2D eigenvalue weighted by Crippen LogP contribution is 2.63. The van der Waals surface area contributed by atoms with Crippen LogP contribution in [0.5, 0.6) is 0 Å². The van der Waals surface area contributed by atoms with Gasteiger partial charge < -0.3 is 9.64 Å². The molecule has 3 fully saturated rings. The van der Waals surface area contributed by atoms with E-state index in [0.717, 1.165) is 32.1 Å². The Morgan fingerprint density at radius 1 is 1.17 bits per heavy atom. The lowest BCUT2D eigenvalue weighted by Crippen LogP contribution is -2.59. The second-order valence-electron chi connectivity index (χ2n) is 8.90. The average Bonchev–Trinajstić information content (AvgIpc) is 2.83. The quantitative estimate of drug-likeness (QED) is 0.742. The summed E-state index contributed by atoms with van der Waals surface area (Å²) < 4.78 is 5.51. The van der Waals surface area contributed by atoms with Crippen LogP contribution in [0.2, 0.25) is 0 Å². The van der Waals surface area contributed by atoms with Crippen molar-refractivity contribution in [1.29, 1.82) is 0 Å². The lowest BCUT2D eigenvalue weighted by atomic mass is 9.48. The van der Waals surface area contributed by atoms with Gasteiger partial charge in [0.25, 0.3) is 0 Å². The predicted molar refractivity (Wildman–Crippen MR) is 91.3 cm³/mol. The molecule has 0 aromatic heterocycles. The molecule has 7 atom stereocenters. The zero-order valence-corrected chi connectivity index (χ0v) is 15.2. The highest BCUT2D eigenvalue weighted by Gasteiger charge is 2.62. The summed E-state index contributed by atoms with van der Waals surface area (Å²) in [7, 11) is 3.62. The minimum Gasteiger partial charge on any atom is -0.374 e. The van der Waals surface area contributed by atoms with Crippen LogP contribution in [0.4, 0.5) is 0 Å². The van der Waals surface area contributed by atoms with Crippen molar-refractivity contribution in [2.45, 2.75) is 58.1 Å². The van der Waals surface area contributed by atoms with Crippen molar-refractivity contribution in [3.63, 3.8) is 0 Å². The van der Waals surface area contributed by atoms with Crippen molar-refractivity contribution in [3.05, 3.63) is 12.2 Å². The van der Waals surface area contributed by atoms with Gasteiger partial charge in [0.15, 0.2) is 5.78 Å². The van der Waals surface area contributed by atoms with E-state index in [1.54, 1.807) is 13.2 Å². The van der Waals surface area contributed by atoms with Gasteiger partial charge in [-0.15, -0.1) is 0 Å². The highest BCUT2D eigenvalue weighted by molar-refractivity contribution is 5.91. The number of fused-ring (bicyclic) bond motifs is 5. The van der Waals surface area contributed by atoms with Crippen LogP contribution in [-0.4, -0.2) is 42.9 Å². The molecular formula is C20H29NO3. The summed E-state index contributed by atoms with van der Waals surface area (Å²) in [5, 5.41) is 0. The molecule has 4 heteroatoms. The largest absolute Gasteiger partial charge is 0.374 e. The van der Waals surface area contributed by atoms with E-state index < -0.39 is 0 Å². The second-order valence-corrected chi connectivity index (χ2v) is 8.90. The molecule has 0 bridgehead atoms. The standard InChI is InChI=1S/C20H29NO3/c1-19-10-8-17(22)21(3)16(19)6-5-12-13(19)7-9-20(2)14(12)11-15(24-4)18(20)23/h8,10,12-16H,5-7,9,11H2,1-4H3/t12-,13-,14+,15?,16?,19-,20+/m1/s1. The summed E-state index contributed by atoms with van der Waals surface area (Å²) in [6, 6.07) is 0.302. The molecule has 0 aromatic carbocycles. The zero-order valence-electron chi connectivity index (χ0n) is 15.2. The van der Waals surface area contributed by atoms with Gasteiger partial charge >= 0.3 is 0 Å². The molecule has 4 rings (SSSR count). The van der Waals surface area contributed by atoms with Gasteiger partial charge in [-0.25, -0.2) is 0 Å².